The number of hydrogen-bond acceptors (Lipinski definition) is 2. The average molecular weight is 332 g/mol. The van der Waals surface area contributed by atoms with Gasteiger partial charge in [-0.3, -0.25) is 0 Å². The average Bonchev–Trinajstić information content (AvgIpc) is 2.47. The Morgan fingerprint density at radius 3 is 2.08 bits per heavy atom. The van der Waals surface area contributed by atoms with E-state index in [-0.39, 0.29) is 6.84 Å². The Morgan fingerprint density at radius 1 is 1.17 bits per heavy atom. The maximum absolute atomic E-state index is 5.15. The van der Waals surface area contributed by atoms with Gasteiger partial charge < -0.3 is 10.1 Å². The molecule has 0 bridgehead atoms. The lowest BCUT2D eigenvalue weighted by Gasteiger charge is -2.20. The van der Waals surface area contributed by atoms with E-state index in [9.17, 15) is 0 Å². The molecule has 0 spiro atoms. The van der Waals surface area contributed by atoms with Gasteiger partial charge in [-0.05, 0) is 36.1 Å². The van der Waals surface area contributed by atoms with Crippen molar-refractivity contribution in [3.63, 3.8) is 0 Å². The Kier molecular flexibility index (Phi) is 9.87. The summed E-state index contributed by atoms with van der Waals surface area (Å²) in [5.74, 6) is 0.866. The molecule has 0 aliphatic carbocycles. The Bertz CT molecular complexity index is 550. The van der Waals surface area contributed by atoms with Gasteiger partial charge >= 0.3 is 0 Å². The molecule has 0 saturated carbocycles. The second-order valence-corrected chi connectivity index (χ2v) is 7.06. The molecule has 0 aromatic heterocycles. The molecule has 1 rings (SSSR count). The van der Waals surface area contributed by atoms with Crippen LogP contribution in [0.1, 0.15) is 55.0 Å². The highest BCUT2D eigenvalue weighted by atomic mass is 16.5. The molecule has 24 heavy (non-hydrogen) atoms. The molecule has 136 valence electrons. The Morgan fingerprint density at radius 2 is 1.67 bits per heavy atom. The summed E-state index contributed by atoms with van der Waals surface area (Å²) in [5, 5.41) is 3.26. The van der Waals surface area contributed by atoms with Crippen LogP contribution in [0, 0.1) is 5.41 Å². The van der Waals surface area contributed by atoms with Gasteiger partial charge in [0.1, 0.15) is 5.75 Å². The summed E-state index contributed by atoms with van der Waals surface area (Å²) < 4.78 is 5.15. The predicted molar refractivity (Wildman–Crippen MR) is 109 cm³/mol. The first-order valence-corrected chi connectivity index (χ1v) is 8.59. The van der Waals surface area contributed by atoms with E-state index < -0.39 is 0 Å². The number of benzene rings is 1. The van der Waals surface area contributed by atoms with E-state index in [0.29, 0.717) is 0 Å². The van der Waals surface area contributed by atoms with E-state index in [0.717, 1.165) is 23.6 Å². The summed E-state index contributed by atoms with van der Waals surface area (Å²) in [6.07, 6.45) is 4.10. The summed E-state index contributed by atoms with van der Waals surface area (Å²) in [6, 6.07) is 8.01. The van der Waals surface area contributed by atoms with Crippen LogP contribution in [0.3, 0.4) is 0 Å². The molecule has 0 radical (unpaired) electrons. The minimum atomic E-state index is 0. The number of nitrogens with one attached hydrogen (secondary N) is 1. The summed E-state index contributed by atoms with van der Waals surface area (Å²) in [4.78, 5) is 0. The zero-order valence-electron chi connectivity index (χ0n) is 16.6. The fourth-order valence-corrected chi connectivity index (χ4v) is 1.77. The highest BCUT2D eigenvalue weighted by Gasteiger charge is 2.12. The molecule has 0 heterocycles. The molecule has 1 aromatic carbocycles. The maximum atomic E-state index is 5.15. The van der Waals surface area contributed by atoms with E-state index in [1.54, 1.807) is 7.11 Å². The van der Waals surface area contributed by atoms with Crippen LogP contribution in [0.15, 0.2) is 60.5 Å². The van der Waals surface area contributed by atoms with E-state index in [2.05, 4.69) is 66.1 Å². The summed E-state index contributed by atoms with van der Waals surface area (Å²) in [7, 11) is 1.67. The molecule has 0 aliphatic heterocycles. The van der Waals surface area contributed by atoms with Crippen molar-refractivity contribution in [2.24, 2.45) is 5.41 Å². The van der Waals surface area contributed by atoms with Crippen LogP contribution in [-0.2, 0) is 6.42 Å². The smallest absolute Gasteiger partial charge is 0.118 e. The van der Waals surface area contributed by atoms with Gasteiger partial charge in [0.05, 0.1) is 7.11 Å². The van der Waals surface area contributed by atoms with Crippen molar-refractivity contribution in [2.45, 2.75) is 54.4 Å². The third kappa shape index (κ3) is 9.24. The molecule has 0 amide bonds. The second-order valence-electron chi connectivity index (χ2n) is 7.06. The first-order chi connectivity index (χ1) is 11.1. The maximum Gasteiger partial charge on any atom is 0.118 e. The molecule has 0 aliphatic rings. The quantitative estimate of drug-likeness (QED) is 0.600. The van der Waals surface area contributed by atoms with Crippen molar-refractivity contribution < 1.29 is 6.16 Å². The van der Waals surface area contributed by atoms with Crippen molar-refractivity contribution in [3.8, 4) is 5.75 Å². The second kappa shape index (κ2) is 10.7. The van der Waals surface area contributed by atoms with Crippen LogP contribution in [-0.4, -0.2) is 7.11 Å². The molecular formula is C22H37NO. The first kappa shape index (κ1) is 22.0. The molecule has 0 saturated heterocycles. The number of methoxy groups -OCH3 is 1. The number of ether oxygens (including phenoxy) is 1. The van der Waals surface area contributed by atoms with Gasteiger partial charge in [0, 0.05) is 19.2 Å². The SMILES string of the molecule is C=C(/C=C(\C)C(C)(C)C)NC(=C)Cc1ccc(OC)cc1.CCC.[HH]. The van der Waals surface area contributed by atoms with Gasteiger partial charge in [0.25, 0.3) is 0 Å². The van der Waals surface area contributed by atoms with Crippen molar-refractivity contribution in [3.05, 3.63) is 66.0 Å². The largest absolute Gasteiger partial charge is 0.497 e. The molecular weight excluding hydrogens is 294 g/mol. The first-order valence-electron chi connectivity index (χ1n) is 8.59. The highest BCUT2D eigenvalue weighted by Crippen LogP contribution is 2.25. The zero-order valence-corrected chi connectivity index (χ0v) is 16.6. The van der Waals surface area contributed by atoms with Gasteiger partial charge in [-0.1, -0.05) is 71.9 Å². The van der Waals surface area contributed by atoms with Crippen molar-refractivity contribution in [1.82, 2.24) is 5.32 Å². The monoisotopic (exact) mass is 331 g/mol. The molecule has 1 N–H and O–H groups in total. The van der Waals surface area contributed by atoms with Crippen LogP contribution >= 0.6 is 0 Å². The summed E-state index contributed by atoms with van der Waals surface area (Å²) in [6.45, 7) is 21.1. The number of hydrogen-bond donors (Lipinski definition) is 1. The topological polar surface area (TPSA) is 21.3 Å². The lowest BCUT2D eigenvalue weighted by atomic mass is 9.87. The van der Waals surface area contributed by atoms with Gasteiger partial charge in [-0.2, -0.15) is 0 Å². The Balaban J connectivity index is 0. The highest BCUT2D eigenvalue weighted by molar-refractivity contribution is 5.31. The minimum absolute atomic E-state index is 0. The summed E-state index contributed by atoms with van der Waals surface area (Å²) >= 11 is 0. The third-order valence-electron chi connectivity index (χ3n) is 3.49. The van der Waals surface area contributed by atoms with Crippen molar-refractivity contribution in [2.75, 3.05) is 7.11 Å². The zero-order chi connectivity index (χ0) is 18.8. The predicted octanol–water partition coefficient (Wildman–Crippen LogP) is 6.51. The van der Waals surface area contributed by atoms with Crippen molar-refractivity contribution in [1.29, 1.82) is 0 Å². The van der Waals surface area contributed by atoms with E-state index in [1.807, 2.05) is 24.3 Å². The van der Waals surface area contributed by atoms with Crippen molar-refractivity contribution >= 4 is 0 Å². The van der Waals surface area contributed by atoms with Crippen LogP contribution in [0.4, 0.5) is 0 Å². The van der Waals surface area contributed by atoms with E-state index >= 15 is 0 Å². The van der Waals surface area contributed by atoms with Crippen LogP contribution in [0.2, 0.25) is 0 Å². The fourth-order valence-electron chi connectivity index (χ4n) is 1.77. The van der Waals surface area contributed by atoms with Crippen LogP contribution < -0.4 is 10.1 Å². The lowest BCUT2D eigenvalue weighted by Crippen LogP contribution is -2.14. The third-order valence-corrected chi connectivity index (χ3v) is 3.49. The van der Waals surface area contributed by atoms with Gasteiger partial charge in [-0.15, -0.1) is 0 Å². The lowest BCUT2D eigenvalue weighted by molar-refractivity contribution is 0.414. The van der Waals surface area contributed by atoms with Gasteiger partial charge in [0.15, 0.2) is 0 Å². The minimum Gasteiger partial charge on any atom is -0.497 e. The number of allylic oxidation sites excluding steroid dienone is 3. The Hall–Kier alpha value is -1.96. The van der Waals surface area contributed by atoms with Gasteiger partial charge in [-0.25, -0.2) is 0 Å². The number of rotatable bonds is 6. The van der Waals surface area contributed by atoms with Gasteiger partial charge in [0.2, 0.25) is 0 Å². The normalized spacial score (nSPS) is 11.2. The standard InChI is InChI=1S/C19H27NO.C3H8.H2/c1-14(19(4,5)6)12-15(2)20-16(3)13-17-8-10-18(21-7)11-9-17;1-3-2;/h8-12,20H,2-3,13H2,1,4-7H3;3H2,1-2H3;1H/b14-12+;;. The molecule has 1 aromatic rings. The molecule has 0 atom stereocenters. The molecule has 2 nitrogen and oxygen atoms in total. The molecule has 0 unspecified atom stereocenters. The Labute approximate surface area is 150 Å². The van der Waals surface area contributed by atoms with E-state index in [4.69, 9.17) is 4.74 Å². The van der Waals surface area contributed by atoms with E-state index in [1.165, 1.54) is 17.6 Å². The van der Waals surface area contributed by atoms with Crippen LogP contribution in [0.5, 0.6) is 5.75 Å². The summed E-state index contributed by atoms with van der Waals surface area (Å²) in [5.41, 5.74) is 4.45. The molecule has 0 fully saturated rings. The van der Waals surface area contributed by atoms with Crippen LogP contribution in [0.25, 0.3) is 0 Å². The molecule has 2 heteroatoms. The fraction of sp³-hybridized carbons (Fsp3) is 0.455.